The Morgan fingerprint density at radius 2 is 2.38 bits per heavy atom. The summed E-state index contributed by atoms with van der Waals surface area (Å²) in [6.45, 7) is 1.94. The van der Waals surface area contributed by atoms with Gasteiger partial charge < -0.3 is 9.72 Å². The van der Waals surface area contributed by atoms with Crippen molar-refractivity contribution < 1.29 is 4.79 Å². The number of hydrogen-bond donors (Lipinski definition) is 1. The molecule has 0 radical (unpaired) electrons. The second-order valence-electron chi connectivity index (χ2n) is 4.30. The van der Waals surface area contributed by atoms with E-state index in [0.29, 0.717) is 0 Å². The molecule has 0 aliphatic heterocycles. The van der Waals surface area contributed by atoms with Crippen LogP contribution in [0, 0.1) is 12.8 Å². The molecule has 16 heavy (non-hydrogen) atoms. The smallest absolute Gasteiger partial charge is 0.227 e. The number of fused-ring (bicyclic) bond motifs is 1. The lowest BCUT2D eigenvalue weighted by atomic mass is 10.3. The first-order valence-electron chi connectivity index (χ1n) is 5.49. The quantitative estimate of drug-likeness (QED) is 0.832. The van der Waals surface area contributed by atoms with Crippen molar-refractivity contribution in [2.75, 3.05) is 5.32 Å². The Bertz CT molecular complexity index is 554. The summed E-state index contributed by atoms with van der Waals surface area (Å²) in [6, 6.07) is 3.80. The van der Waals surface area contributed by atoms with Gasteiger partial charge in [0, 0.05) is 18.3 Å². The number of aromatic nitrogens is 2. The molecule has 2 aromatic heterocycles. The first kappa shape index (κ1) is 9.39. The van der Waals surface area contributed by atoms with E-state index in [4.69, 9.17) is 0 Å². The lowest BCUT2D eigenvalue weighted by Gasteiger charge is -2.05. The molecular weight excluding hydrogens is 202 g/mol. The van der Waals surface area contributed by atoms with Gasteiger partial charge in [0.05, 0.1) is 11.4 Å². The molecule has 2 aromatic rings. The van der Waals surface area contributed by atoms with E-state index in [9.17, 15) is 4.79 Å². The highest BCUT2D eigenvalue weighted by atomic mass is 16.2. The first-order chi connectivity index (χ1) is 7.74. The van der Waals surface area contributed by atoms with Crippen molar-refractivity contribution >= 4 is 17.2 Å². The summed E-state index contributed by atoms with van der Waals surface area (Å²) in [5, 5.41) is 2.94. The number of aryl methyl sites for hydroxylation is 1. The molecule has 4 nitrogen and oxygen atoms in total. The largest absolute Gasteiger partial charge is 0.323 e. The molecule has 1 N–H and O–H groups in total. The molecule has 2 heterocycles. The second-order valence-corrected chi connectivity index (χ2v) is 4.30. The van der Waals surface area contributed by atoms with E-state index in [1.165, 1.54) is 0 Å². The van der Waals surface area contributed by atoms with Crippen LogP contribution in [0.2, 0.25) is 0 Å². The number of pyridine rings is 1. The minimum absolute atomic E-state index is 0.119. The van der Waals surface area contributed by atoms with Crippen molar-refractivity contribution in [1.82, 2.24) is 9.38 Å². The van der Waals surface area contributed by atoms with Crippen molar-refractivity contribution in [2.45, 2.75) is 19.8 Å². The molecule has 0 bridgehead atoms. The summed E-state index contributed by atoms with van der Waals surface area (Å²) in [6.07, 6.45) is 5.91. The van der Waals surface area contributed by atoms with Crippen molar-refractivity contribution in [1.29, 1.82) is 0 Å². The van der Waals surface area contributed by atoms with Gasteiger partial charge in [-0.15, -0.1) is 0 Å². The van der Waals surface area contributed by atoms with Gasteiger partial charge in [0.25, 0.3) is 0 Å². The highest BCUT2D eigenvalue weighted by Crippen LogP contribution is 2.30. The van der Waals surface area contributed by atoms with E-state index >= 15 is 0 Å². The van der Waals surface area contributed by atoms with E-state index in [2.05, 4.69) is 10.3 Å². The third-order valence-electron chi connectivity index (χ3n) is 2.81. The molecule has 0 atom stereocenters. The van der Waals surface area contributed by atoms with Crippen LogP contribution in [0.25, 0.3) is 5.65 Å². The van der Waals surface area contributed by atoms with Crippen LogP contribution in [-0.4, -0.2) is 15.3 Å². The van der Waals surface area contributed by atoms with Crippen molar-refractivity contribution in [3.8, 4) is 0 Å². The number of rotatable bonds is 2. The number of imidazole rings is 1. The molecule has 1 aliphatic carbocycles. The van der Waals surface area contributed by atoms with Gasteiger partial charge in [-0.2, -0.15) is 0 Å². The van der Waals surface area contributed by atoms with Crippen LogP contribution < -0.4 is 5.32 Å². The number of nitrogens with one attached hydrogen (secondary N) is 1. The maximum Gasteiger partial charge on any atom is 0.227 e. The van der Waals surface area contributed by atoms with E-state index in [1.54, 1.807) is 0 Å². The minimum atomic E-state index is 0.119. The number of anilines is 1. The zero-order valence-corrected chi connectivity index (χ0v) is 9.10. The van der Waals surface area contributed by atoms with Gasteiger partial charge in [-0.1, -0.05) is 0 Å². The molecular formula is C12H13N3O. The average Bonchev–Trinajstić information content (AvgIpc) is 3.01. The van der Waals surface area contributed by atoms with Gasteiger partial charge in [-0.3, -0.25) is 4.79 Å². The first-order valence-corrected chi connectivity index (χ1v) is 5.49. The SMILES string of the molecule is Cc1cn2cccc(NC(=O)C3CC3)c2n1. The molecule has 0 aromatic carbocycles. The molecule has 0 spiro atoms. The molecule has 1 saturated carbocycles. The Labute approximate surface area is 93.3 Å². The highest BCUT2D eigenvalue weighted by molar-refractivity contribution is 5.96. The Morgan fingerprint density at radius 3 is 3.12 bits per heavy atom. The van der Waals surface area contributed by atoms with Gasteiger partial charge in [-0.05, 0) is 31.9 Å². The zero-order valence-electron chi connectivity index (χ0n) is 9.10. The van der Waals surface area contributed by atoms with Crippen molar-refractivity contribution in [3.63, 3.8) is 0 Å². The Kier molecular flexibility index (Phi) is 1.96. The molecule has 3 rings (SSSR count). The summed E-state index contributed by atoms with van der Waals surface area (Å²) < 4.78 is 1.93. The fourth-order valence-corrected chi connectivity index (χ4v) is 1.81. The number of carbonyl (C=O) groups excluding carboxylic acids is 1. The van der Waals surface area contributed by atoms with Crippen LogP contribution in [0.5, 0.6) is 0 Å². The normalized spacial score (nSPS) is 15.3. The molecule has 4 heteroatoms. The van der Waals surface area contributed by atoms with Crippen LogP contribution >= 0.6 is 0 Å². The Balaban J connectivity index is 1.98. The van der Waals surface area contributed by atoms with Crippen LogP contribution in [0.3, 0.4) is 0 Å². The number of hydrogen-bond acceptors (Lipinski definition) is 2. The molecule has 1 amide bonds. The fourth-order valence-electron chi connectivity index (χ4n) is 1.81. The fraction of sp³-hybridized carbons (Fsp3) is 0.333. The van der Waals surface area contributed by atoms with Gasteiger partial charge in [0.2, 0.25) is 5.91 Å². The third kappa shape index (κ3) is 1.56. The van der Waals surface area contributed by atoms with E-state index in [-0.39, 0.29) is 11.8 Å². The van der Waals surface area contributed by atoms with Gasteiger partial charge in [0.15, 0.2) is 5.65 Å². The summed E-state index contributed by atoms with van der Waals surface area (Å²) in [4.78, 5) is 16.1. The lowest BCUT2D eigenvalue weighted by molar-refractivity contribution is -0.117. The summed E-state index contributed by atoms with van der Waals surface area (Å²) in [5.41, 5.74) is 2.56. The number of nitrogens with zero attached hydrogens (tertiary/aromatic N) is 2. The van der Waals surface area contributed by atoms with Gasteiger partial charge in [0.1, 0.15) is 0 Å². The third-order valence-corrected chi connectivity index (χ3v) is 2.81. The molecule has 0 unspecified atom stereocenters. The van der Waals surface area contributed by atoms with Crippen molar-refractivity contribution in [2.24, 2.45) is 5.92 Å². The predicted molar refractivity (Wildman–Crippen MR) is 61.3 cm³/mol. The van der Waals surface area contributed by atoms with Crippen LogP contribution in [0.4, 0.5) is 5.69 Å². The zero-order chi connectivity index (χ0) is 11.1. The Hall–Kier alpha value is -1.84. The summed E-state index contributed by atoms with van der Waals surface area (Å²) in [7, 11) is 0. The maximum absolute atomic E-state index is 11.7. The monoisotopic (exact) mass is 215 g/mol. The van der Waals surface area contributed by atoms with Crippen LogP contribution in [-0.2, 0) is 4.79 Å². The standard InChI is InChI=1S/C12H13N3O/c1-8-7-15-6-2-3-10(11(15)13-8)14-12(16)9-4-5-9/h2-3,6-7,9H,4-5H2,1H3,(H,14,16). The van der Waals surface area contributed by atoms with Gasteiger partial charge in [-0.25, -0.2) is 4.98 Å². The summed E-state index contributed by atoms with van der Waals surface area (Å²) >= 11 is 0. The highest BCUT2D eigenvalue weighted by Gasteiger charge is 2.29. The topological polar surface area (TPSA) is 46.4 Å². The molecule has 1 aliphatic rings. The maximum atomic E-state index is 11.7. The minimum Gasteiger partial charge on any atom is -0.323 e. The Morgan fingerprint density at radius 1 is 1.56 bits per heavy atom. The van der Waals surface area contributed by atoms with E-state index in [0.717, 1.165) is 29.9 Å². The second kappa shape index (κ2) is 3.33. The average molecular weight is 215 g/mol. The van der Waals surface area contributed by atoms with Crippen LogP contribution in [0.15, 0.2) is 24.5 Å². The summed E-state index contributed by atoms with van der Waals surface area (Å²) in [5.74, 6) is 0.338. The molecule has 82 valence electrons. The molecule has 0 saturated heterocycles. The molecule has 1 fully saturated rings. The van der Waals surface area contributed by atoms with E-state index < -0.39 is 0 Å². The predicted octanol–water partition coefficient (Wildman–Crippen LogP) is 1.99. The number of carbonyl (C=O) groups is 1. The number of amides is 1. The van der Waals surface area contributed by atoms with Crippen LogP contribution in [0.1, 0.15) is 18.5 Å². The van der Waals surface area contributed by atoms with E-state index in [1.807, 2.05) is 35.9 Å². The van der Waals surface area contributed by atoms with Crippen molar-refractivity contribution in [3.05, 3.63) is 30.2 Å². The lowest BCUT2D eigenvalue weighted by Crippen LogP contribution is -2.14. The van der Waals surface area contributed by atoms with Gasteiger partial charge >= 0.3 is 0 Å².